The number of aliphatic hydroxyl groups is 1. The van der Waals surface area contributed by atoms with Crippen LogP contribution < -0.4 is 5.32 Å². The van der Waals surface area contributed by atoms with E-state index in [1.165, 1.54) is 11.3 Å². The van der Waals surface area contributed by atoms with Crippen LogP contribution in [0.3, 0.4) is 0 Å². The van der Waals surface area contributed by atoms with Crippen LogP contribution in [0, 0.1) is 0 Å². The van der Waals surface area contributed by atoms with Gasteiger partial charge < -0.3 is 14.9 Å². The first-order chi connectivity index (χ1) is 10.3. The Morgan fingerprint density at radius 3 is 2.95 bits per heavy atom. The molecule has 0 spiro atoms. The van der Waals surface area contributed by atoms with Crippen LogP contribution in [-0.2, 0) is 6.61 Å². The number of hydrogen-bond acceptors (Lipinski definition) is 5. The van der Waals surface area contributed by atoms with Crippen molar-refractivity contribution in [1.82, 2.24) is 5.16 Å². The highest BCUT2D eigenvalue weighted by atomic mass is 32.1. The van der Waals surface area contributed by atoms with Crippen LogP contribution >= 0.6 is 11.3 Å². The summed E-state index contributed by atoms with van der Waals surface area (Å²) in [6.45, 7) is -0.0732. The van der Waals surface area contributed by atoms with E-state index in [1.54, 1.807) is 30.3 Å². The van der Waals surface area contributed by atoms with Gasteiger partial charge in [-0.2, -0.15) is 0 Å². The number of rotatable bonds is 4. The first kappa shape index (κ1) is 13.5. The molecule has 0 atom stereocenters. The predicted molar refractivity (Wildman–Crippen MR) is 80.1 cm³/mol. The van der Waals surface area contributed by atoms with Crippen molar-refractivity contribution in [2.75, 3.05) is 5.32 Å². The topological polar surface area (TPSA) is 75.4 Å². The summed E-state index contributed by atoms with van der Waals surface area (Å²) in [6.07, 6.45) is 0. The summed E-state index contributed by atoms with van der Waals surface area (Å²) in [5, 5.41) is 17.5. The molecule has 21 heavy (non-hydrogen) atoms. The highest BCUT2D eigenvalue weighted by Gasteiger charge is 2.14. The van der Waals surface area contributed by atoms with Gasteiger partial charge in [-0.3, -0.25) is 4.79 Å². The number of nitrogens with one attached hydrogen (secondary N) is 1. The van der Waals surface area contributed by atoms with Gasteiger partial charge in [0.25, 0.3) is 5.91 Å². The second-order valence-corrected chi connectivity index (χ2v) is 5.31. The Hall–Kier alpha value is -2.44. The van der Waals surface area contributed by atoms with Crippen LogP contribution in [-0.4, -0.2) is 16.2 Å². The molecule has 3 aromatic rings. The fourth-order valence-electron chi connectivity index (χ4n) is 1.86. The molecule has 2 heterocycles. The van der Waals surface area contributed by atoms with Crippen molar-refractivity contribution in [1.29, 1.82) is 0 Å². The summed E-state index contributed by atoms with van der Waals surface area (Å²) < 4.78 is 5.17. The lowest BCUT2D eigenvalue weighted by molar-refractivity contribution is 0.101. The fourth-order valence-corrected chi connectivity index (χ4v) is 2.53. The molecule has 0 bridgehead atoms. The molecule has 0 unspecified atom stereocenters. The van der Waals surface area contributed by atoms with Crippen molar-refractivity contribution in [2.45, 2.75) is 6.61 Å². The maximum atomic E-state index is 12.1. The van der Waals surface area contributed by atoms with Gasteiger partial charge in [-0.25, -0.2) is 0 Å². The van der Waals surface area contributed by atoms with Gasteiger partial charge in [-0.15, -0.1) is 11.3 Å². The Morgan fingerprint density at radius 1 is 1.29 bits per heavy atom. The smallest absolute Gasteiger partial charge is 0.277 e. The number of thiophene rings is 1. The summed E-state index contributed by atoms with van der Waals surface area (Å²) in [7, 11) is 0. The van der Waals surface area contributed by atoms with Crippen LogP contribution in [0.15, 0.2) is 52.4 Å². The van der Waals surface area contributed by atoms with Crippen molar-refractivity contribution in [3.63, 3.8) is 0 Å². The van der Waals surface area contributed by atoms with Crippen molar-refractivity contribution in [3.8, 4) is 10.6 Å². The molecule has 0 aliphatic heterocycles. The predicted octanol–water partition coefficient (Wildman–Crippen LogP) is 3.15. The van der Waals surface area contributed by atoms with Crippen molar-refractivity contribution < 1.29 is 14.4 Å². The minimum atomic E-state index is -0.350. The molecule has 3 rings (SSSR count). The van der Waals surface area contributed by atoms with Gasteiger partial charge in [0.05, 0.1) is 11.5 Å². The second kappa shape index (κ2) is 5.90. The van der Waals surface area contributed by atoms with Gasteiger partial charge in [-0.1, -0.05) is 23.4 Å². The number of benzene rings is 1. The third kappa shape index (κ3) is 3.01. The van der Waals surface area contributed by atoms with E-state index in [9.17, 15) is 4.79 Å². The Labute approximate surface area is 124 Å². The van der Waals surface area contributed by atoms with Crippen molar-refractivity contribution in [2.24, 2.45) is 0 Å². The molecule has 1 amide bonds. The Kier molecular flexibility index (Phi) is 3.81. The van der Waals surface area contributed by atoms with Crippen LogP contribution in [0.1, 0.15) is 16.1 Å². The van der Waals surface area contributed by atoms with Gasteiger partial charge in [-0.05, 0) is 29.1 Å². The maximum absolute atomic E-state index is 12.1. The SMILES string of the molecule is O=C(Nc1cccc(CO)c1)c1cc(-c2cccs2)on1. The molecule has 6 heteroatoms. The summed E-state index contributed by atoms with van der Waals surface area (Å²) in [5.74, 6) is 0.218. The quantitative estimate of drug-likeness (QED) is 0.776. The summed E-state index contributed by atoms with van der Waals surface area (Å²) in [6, 6.07) is 12.4. The van der Waals surface area contributed by atoms with Crippen LogP contribution in [0.25, 0.3) is 10.6 Å². The number of nitrogens with zero attached hydrogens (tertiary/aromatic N) is 1. The summed E-state index contributed by atoms with van der Waals surface area (Å²) in [5.41, 5.74) is 1.55. The molecule has 0 saturated carbocycles. The molecule has 5 nitrogen and oxygen atoms in total. The van der Waals surface area contributed by atoms with E-state index in [0.29, 0.717) is 11.4 Å². The van der Waals surface area contributed by atoms with E-state index in [1.807, 2.05) is 17.5 Å². The van der Waals surface area contributed by atoms with Gasteiger partial charge in [0.1, 0.15) is 0 Å². The van der Waals surface area contributed by atoms with E-state index >= 15 is 0 Å². The summed E-state index contributed by atoms with van der Waals surface area (Å²) >= 11 is 1.52. The monoisotopic (exact) mass is 300 g/mol. The number of aliphatic hydroxyl groups excluding tert-OH is 1. The molecular weight excluding hydrogens is 288 g/mol. The first-order valence-corrected chi connectivity index (χ1v) is 7.16. The molecule has 0 fully saturated rings. The van der Waals surface area contributed by atoms with Crippen LogP contribution in [0.5, 0.6) is 0 Å². The molecule has 0 aliphatic rings. The van der Waals surface area contributed by atoms with Gasteiger partial charge >= 0.3 is 0 Å². The van der Waals surface area contributed by atoms with E-state index in [-0.39, 0.29) is 18.2 Å². The standard InChI is InChI=1S/C15H12N2O3S/c18-9-10-3-1-4-11(7-10)16-15(19)12-8-13(20-17-12)14-5-2-6-21-14/h1-8,18H,9H2,(H,16,19). The molecule has 2 aromatic heterocycles. The minimum absolute atomic E-state index is 0.0732. The van der Waals surface area contributed by atoms with Gasteiger partial charge in [0, 0.05) is 11.8 Å². The van der Waals surface area contributed by atoms with Crippen molar-refractivity contribution in [3.05, 3.63) is 59.1 Å². The van der Waals surface area contributed by atoms with E-state index < -0.39 is 0 Å². The second-order valence-electron chi connectivity index (χ2n) is 4.37. The molecule has 2 N–H and O–H groups in total. The highest BCUT2D eigenvalue weighted by molar-refractivity contribution is 7.13. The molecular formula is C15H12N2O3S. The third-order valence-electron chi connectivity index (χ3n) is 2.87. The minimum Gasteiger partial charge on any atom is -0.392 e. The third-order valence-corrected chi connectivity index (χ3v) is 3.76. The number of amides is 1. The fraction of sp³-hybridized carbons (Fsp3) is 0.0667. The van der Waals surface area contributed by atoms with E-state index in [4.69, 9.17) is 9.63 Å². The zero-order valence-electron chi connectivity index (χ0n) is 10.9. The molecule has 106 valence electrons. The average molecular weight is 300 g/mol. The number of carbonyl (C=O) groups excluding carboxylic acids is 1. The number of carbonyl (C=O) groups is 1. The van der Waals surface area contributed by atoms with Crippen LogP contribution in [0.4, 0.5) is 5.69 Å². The number of aromatic nitrogens is 1. The maximum Gasteiger partial charge on any atom is 0.277 e. The van der Waals surface area contributed by atoms with Gasteiger partial charge in [0.15, 0.2) is 11.5 Å². The van der Waals surface area contributed by atoms with Crippen LogP contribution in [0.2, 0.25) is 0 Å². The molecule has 0 radical (unpaired) electrons. The average Bonchev–Trinajstić information content (AvgIpc) is 3.18. The Morgan fingerprint density at radius 2 is 2.19 bits per heavy atom. The van der Waals surface area contributed by atoms with E-state index in [0.717, 1.165) is 10.4 Å². The first-order valence-electron chi connectivity index (χ1n) is 6.28. The largest absolute Gasteiger partial charge is 0.392 e. The number of hydrogen-bond donors (Lipinski definition) is 2. The lowest BCUT2D eigenvalue weighted by atomic mass is 10.2. The lowest BCUT2D eigenvalue weighted by Crippen LogP contribution is -2.12. The molecule has 1 aromatic carbocycles. The van der Waals surface area contributed by atoms with Crippen molar-refractivity contribution >= 4 is 22.9 Å². The normalized spacial score (nSPS) is 10.5. The highest BCUT2D eigenvalue weighted by Crippen LogP contribution is 2.25. The number of anilines is 1. The lowest BCUT2D eigenvalue weighted by Gasteiger charge is -2.04. The molecule has 0 saturated heterocycles. The summed E-state index contributed by atoms with van der Waals surface area (Å²) in [4.78, 5) is 13.0. The Balaban J connectivity index is 1.76. The zero-order valence-corrected chi connectivity index (χ0v) is 11.8. The Bertz CT molecular complexity index is 750. The molecule has 0 aliphatic carbocycles. The van der Waals surface area contributed by atoms with E-state index in [2.05, 4.69) is 10.5 Å². The zero-order chi connectivity index (χ0) is 14.7. The van der Waals surface area contributed by atoms with Gasteiger partial charge in [0.2, 0.25) is 0 Å².